The van der Waals surface area contributed by atoms with Crippen LogP contribution in [0, 0.1) is 12.7 Å². The van der Waals surface area contributed by atoms with Crippen LogP contribution in [0.5, 0.6) is 0 Å². The van der Waals surface area contributed by atoms with E-state index in [1.54, 1.807) is 17.4 Å². The molecule has 0 amide bonds. The second-order valence-electron chi connectivity index (χ2n) is 4.16. The maximum absolute atomic E-state index is 13.2. The fourth-order valence-electron chi connectivity index (χ4n) is 1.69. The Balaban J connectivity index is 2.56. The summed E-state index contributed by atoms with van der Waals surface area (Å²) in [4.78, 5) is 5.53. The summed E-state index contributed by atoms with van der Waals surface area (Å²) in [5, 5.41) is 0.973. The predicted octanol–water partition coefficient (Wildman–Crippen LogP) is 4.38. The molecule has 2 aromatic rings. The molecule has 0 saturated carbocycles. The van der Waals surface area contributed by atoms with Crippen molar-refractivity contribution in [1.82, 2.24) is 4.98 Å². The van der Waals surface area contributed by atoms with E-state index in [0.717, 1.165) is 16.1 Å². The number of aryl methyl sites for hydroxylation is 1. The minimum absolute atomic E-state index is 0.180. The van der Waals surface area contributed by atoms with E-state index in [2.05, 4.69) is 18.8 Å². The van der Waals surface area contributed by atoms with Crippen LogP contribution in [0.25, 0.3) is 10.6 Å². The third kappa shape index (κ3) is 2.14. The number of thiazole rings is 1. The highest BCUT2D eigenvalue weighted by atomic mass is 32.1. The average Bonchev–Trinajstić information content (AvgIpc) is 2.64. The van der Waals surface area contributed by atoms with Gasteiger partial charge in [0.1, 0.15) is 10.8 Å². The molecule has 84 valence electrons. The molecule has 0 spiro atoms. The Labute approximate surface area is 99.0 Å². The van der Waals surface area contributed by atoms with Gasteiger partial charge in [0, 0.05) is 16.6 Å². The number of rotatable bonds is 2. The second-order valence-corrected chi connectivity index (χ2v) is 5.40. The van der Waals surface area contributed by atoms with Crippen LogP contribution in [0.4, 0.5) is 4.39 Å². The van der Waals surface area contributed by atoms with E-state index in [4.69, 9.17) is 0 Å². The van der Waals surface area contributed by atoms with Crippen molar-refractivity contribution in [2.75, 3.05) is 0 Å². The minimum Gasteiger partial charge on any atom is -0.244 e. The Morgan fingerprint density at radius 2 is 2.06 bits per heavy atom. The number of halogens is 1. The van der Waals surface area contributed by atoms with Crippen LogP contribution in [0.2, 0.25) is 0 Å². The number of nitrogens with zero attached hydrogens (tertiary/aromatic N) is 1. The molecule has 0 unspecified atom stereocenters. The molecular weight excluding hydrogens is 221 g/mol. The van der Waals surface area contributed by atoms with Gasteiger partial charge in [-0.2, -0.15) is 0 Å². The molecule has 3 heteroatoms. The van der Waals surface area contributed by atoms with Gasteiger partial charge in [-0.1, -0.05) is 13.8 Å². The first-order valence-electron chi connectivity index (χ1n) is 5.30. The van der Waals surface area contributed by atoms with E-state index in [0.29, 0.717) is 5.92 Å². The predicted molar refractivity (Wildman–Crippen MR) is 66.3 cm³/mol. The lowest BCUT2D eigenvalue weighted by atomic mass is 9.97. The van der Waals surface area contributed by atoms with Crippen molar-refractivity contribution in [2.24, 2.45) is 0 Å². The Bertz CT molecular complexity index is 502. The zero-order valence-corrected chi connectivity index (χ0v) is 10.4. The monoisotopic (exact) mass is 235 g/mol. The Morgan fingerprint density at radius 3 is 2.62 bits per heavy atom. The van der Waals surface area contributed by atoms with Gasteiger partial charge in [-0.05, 0) is 36.6 Å². The zero-order valence-electron chi connectivity index (χ0n) is 9.62. The first-order chi connectivity index (χ1) is 7.58. The van der Waals surface area contributed by atoms with Crippen molar-refractivity contribution >= 4 is 11.3 Å². The van der Waals surface area contributed by atoms with Crippen molar-refractivity contribution < 1.29 is 4.39 Å². The molecule has 0 atom stereocenters. The lowest BCUT2D eigenvalue weighted by molar-refractivity contribution is 0.623. The summed E-state index contributed by atoms with van der Waals surface area (Å²) >= 11 is 1.64. The van der Waals surface area contributed by atoms with Crippen LogP contribution in [0.1, 0.15) is 30.2 Å². The molecule has 0 fully saturated rings. The molecule has 1 nitrogen and oxygen atoms in total. The fourth-order valence-corrected chi connectivity index (χ4v) is 2.50. The van der Waals surface area contributed by atoms with Crippen LogP contribution in [-0.2, 0) is 0 Å². The Kier molecular flexibility index (Phi) is 3.06. The van der Waals surface area contributed by atoms with E-state index >= 15 is 0 Å². The van der Waals surface area contributed by atoms with Crippen molar-refractivity contribution in [3.8, 4) is 10.6 Å². The summed E-state index contributed by atoms with van der Waals surface area (Å²) < 4.78 is 13.2. The van der Waals surface area contributed by atoms with Crippen molar-refractivity contribution in [3.63, 3.8) is 0 Å². The van der Waals surface area contributed by atoms with Crippen LogP contribution < -0.4 is 0 Å². The summed E-state index contributed by atoms with van der Waals surface area (Å²) in [6.45, 7) is 6.16. The first kappa shape index (κ1) is 11.3. The van der Waals surface area contributed by atoms with Crippen molar-refractivity contribution in [1.29, 1.82) is 0 Å². The normalized spacial score (nSPS) is 11.1. The summed E-state index contributed by atoms with van der Waals surface area (Å²) in [5.41, 5.74) is 2.07. The fraction of sp³-hybridized carbons (Fsp3) is 0.308. The quantitative estimate of drug-likeness (QED) is 0.752. The number of aromatic nitrogens is 1. The largest absolute Gasteiger partial charge is 0.244 e. The highest BCUT2D eigenvalue weighted by Gasteiger charge is 2.12. The third-order valence-electron chi connectivity index (χ3n) is 2.49. The van der Waals surface area contributed by atoms with E-state index in [1.165, 1.54) is 10.9 Å². The summed E-state index contributed by atoms with van der Waals surface area (Å²) in [6, 6.07) is 4.93. The molecule has 0 bridgehead atoms. The zero-order chi connectivity index (χ0) is 11.7. The number of benzene rings is 1. The van der Waals surface area contributed by atoms with Crippen molar-refractivity contribution in [3.05, 3.63) is 40.7 Å². The molecule has 0 radical (unpaired) electrons. The maximum Gasteiger partial charge on any atom is 0.123 e. The van der Waals surface area contributed by atoms with Gasteiger partial charge in [0.2, 0.25) is 0 Å². The molecule has 1 heterocycles. The molecule has 0 aliphatic carbocycles. The van der Waals surface area contributed by atoms with Crippen LogP contribution in [-0.4, -0.2) is 4.98 Å². The SMILES string of the molecule is Cc1cnc(-c2ccc(F)cc2C(C)C)s1. The number of hydrogen-bond donors (Lipinski definition) is 0. The molecule has 1 aromatic carbocycles. The number of hydrogen-bond acceptors (Lipinski definition) is 2. The lowest BCUT2D eigenvalue weighted by Crippen LogP contribution is -1.93. The van der Waals surface area contributed by atoms with Crippen LogP contribution in [0.3, 0.4) is 0 Å². The second kappa shape index (κ2) is 4.34. The molecule has 0 saturated heterocycles. The molecule has 0 N–H and O–H groups in total. The van der Waals surface area contributed by atoms with Crippen molar-refractivity contribution in [2.45, 2.75) is 26.7 Å². The van der Waals surface area contributed by atoms with Gasteiger partial charge >= 0.3 is 0 Å². The smallest absolute Gasteiger partial charge is 0.123 e. The summed E-state index contributed by atoms with van der Waals surface area (Å²) in [6.07, 6.45) is 1.85. The minimum atomic E-state index is -0.180. The van der Waals surface area contributed by atoms with Gasteiger partial charge in [-0.15, -0.1) is 11.3 Å². The molecular formula is C13H14FNS. The molecule has 0 aliphatic heterocycles. The summed E-state index contributed by atoms with van der Waals surface area (Å²) in [7, 11) is 0. The van der Waals surface area contributed by atoms with Gasteiger partial charge < -0.3 is 0 Å². The molecule has 16 heavy (non-hydrogen) atoms. The maximum atomic E-state index is 13.2. The highest BCUT2D eigenvalue weighted by molar-refractivity contribution is 7.14. The highest BCUT2D eigenvalue weighted by Crippen LogP contribution is 2.32. The van der Waals surface area contributed by atoms with E-state index < -0.39 is 0 Å². The van der Waals surface area contributed by atoms with Gasteiger partial charge in [-0.3, -0.25) is 0 Å². The molecule has 1 aromatic heterocycles. The molecule has 0 aliphatic rings. The van der Waals surface area contributed by atoms with Crippen LogP contribution >= 0.6 is 11.3 Å². The Morgan fingerprint density at radius 1 is 1.31 bits per heavy atom. The van der Waals surface area contributed by atoms with Gasteiger partial charge in [0.15, 0.2) is 0 Å². The van der Waals surface area contributed by atoms with Crippen LogP contribution in [0.15, 0.2) is 24.4 Å². The van der Waals surface area contributed by atoms with E-state index in [1.807, 2.05) is 19.2 Å². The van der Waals surface area contributed by atoms with Gasteiger partial charge in [-0.25, -0.2) is 9.37 Å². The van der Waals surface area contributed by atoms with Gasteiger partial charge in [0.05, 0.1) is 0 Å². The topological polar surface area (TPSA) is 12.9 Å². The van der Waals surface area contributed by atoms with E-state index in [9.17, 15) is 4.39 Å². The summed E-state index contributed by atoms with van der Waals surface area (Å²) in [5.74, 6) is 0.121. The van der Waals surface area contributed by atoms with E-state index in [-0.39, 0.29) is 5.82 Å². The Hall–Kier alpha value is -1.22. The standard InChI is InChI=1S/C13H14FNS/c1-8(2)12-6-10(14)4-5-11(12)13-15-7-9(3)16-13/h4-8H,1-3H3. The third-order valence-corrected chi connectivity index (χ3v) is 3.43. The lowest BCUT2D eigenvalue weighted by Gasteiger charge is -2.10. The molecule has 2 rings (SSSR count). The van der Waals surface area contributed by atoms with Gasteiger partial charge in [0.25, 0.3) is 0 Å². The average molecular weight is 235 g/mol. The first-order valence-corrected chi connectivity index (χ1v) is 6.12.